The van der Waals surface area contributed by atoms with Crippen molar-refractivity contribution in [3.05, 3.63) is 123 Å². The molecule has 3 aromatic carbocycles. The first kappa shape index (κ1) is 24.7. The van der Waals surface area contributed by atoms with E-state index in [-0.39, 0.29) is 0 Å². The van der Waals surface area contributed by atoms with E-state index in [1.807, 2.05) is 48.5 Å². The third-order valence-electron chi connectivity index (χ3n) is 6.84. The lowest BCUT2D eigenvalue weighted by Gasteiger charge is -2.19. The Morgan fingerprint density at radius 3 is 2.46 bits per heavy atom. The van der Waals surface area contributed by atoms with Gasteiger partial charge >= 0.3 is 5.69 Å². The van der Waals surface area contributed by atoms with Gasteiger partial charge in [0, 0.05) is 51.1 Å². The number of rotatable bonds is 4. The summed E-state index contributed by atoms with van der Waals surface area (Å²) in [5, 5.41) is 12.9. The molecule has 0 aliphatic rings. The molecule has 6 rings (SSSR count). The minimum atomic E-state index is -1.07. The van der Waals surface area contributed by atoms with Crippen molar-refractivity contribution in [3.63, 3.8) is 0 Å². The molecular formula is C31H23ClN4O3. The van der Waals surface area contributed by atoms with E-state index < -0.39 is 16.9 Å². The van der Waals surface area contributed by atoms with E-state index in [4.69, 9.17) is 11.6 Å². The van der Waals surface area contributed by atoms with Gasteiger partial charge in [-0.05, 0) is 49.2 Å². The number of H-pyrrole nitrogens is 1. The van der Waals surface area contributed by atoms with Crippen molar-refractivity contribution in [2.45, 2.75) is 19.4 Å². The number of fused-ring (bicyclic) bond motifs is 2. The highest BCUT2D eigenvalue weighted by molar-refractivity contribution is 6.34. The van der Waals surface area contributed by atoms with Gasteiger partial charge in [0.15, 0.2) is 0 Å². The van der Waals surface area contributed by atoms with Crippen LogP contribution >= 0.6 is 11.6 Å². The second-order valence-electron chi connectivity index (χ2n) is 9.89. The van der Waals surface area contributed by atoms with Gasteiger partial charge < -0.3 is 10.1 Å². The third kappa shape index (κ3) is 4.31. The van der Waals surface area contributed by atoms with Gasteiger partial charge in [-0.3, -0.25) is 14.8 Å². The number of aliphatic hydroxyl groups is 1. The largest absolute Gasteiger partial charge is 0.386 e. The smallest absolute Gasteiger partial charge is 0.333 e. The SMILES string of the molecule is CC(C)(O)c1cncc(-c2cccc(Cl)c2-c2ccc3c(=O)n(-c4cncc5ccccc45)c(=O)[nH]c3c2)c1. The Morgan fingerprint density at radius 2 is 1.64 bits per heavy atom. The molecule has 0 unspecified atom stereocenters. The summed E-state index contributed by atoms with van der Waals surface area (Å²) in [5.74, 6) is 0. The van der Waals surface area contributed by atoms with E-state index in [0.717, 1.165) is 37.6 Å². The molecule has 0 aliphatic carbocycles. The first-order valence-corrected chi connectivity index (χ1v) is 12.7. The van der Waals surface area contributed by atoms with E-state index in [1.165, 1.54) is 6.20 Å². The number of benzene rings is 3. The van der Waals surface area contributed by atoms with Crippen LogP contribution in [0.25, 0.3) is 49.6 Å². The Labute approximate surface area is 228 Å². The molecule has 0 saturated carbocycles. The van der Waals surface area contributed by atoms with Crippen molar-refractivity contribution >= 4 is 33.3 Å². The number of nitrogens with zero attached hydrogens (tertiary/aromatic N) is 3. The number of aromatic nitrogens is 4. The average Bonchev–Trinajstić information content (AvgIpc) is 2.92. The molecule has 0 fully saturated rings. The lowest BCUT2D eigenvalue weighted by atomic mass is 9.92. The molecule has 0 spiro atoms. The Bertz CT molecular complexity index is 2020. The molecule has 39 heavy (non-hydrogen) atoms. The van der Waals surface area contributed by atoms with Crippen LogP contribution in [0.5, 0.6) is 0 Å². The maximum absolute atomic E-state index is 13.6. The van der Waals surface area contributed by atoms with Gasteiger partial charge in [0.1, 0.15) is 0 Å². The van der Waals surface area contributed by atoms with E-state index in [9.17, 15) is 14.7 Å². The molecule has 192 valence electrons. The van der Waals surface area contributed by atoms with Crippen LogP contribution < -0.4 is 11.2 Å². The Kier molecular flexibility index (Phi) is 5.90. The molecule has 2 N–H and O–H groups in total. The maximum Gasteiger partial charge on any atom is 0.333 e. The van der Waals surface area contributed by atoms with Crippen molar-refractivity contribution in [1.29, 1.82) is 0 Å². The van der Waals surface area contributed by atoms with Crippen LogP contribution in [-0.2, 0) is 5.60 Å². The molecule has 0 saturated heterocycles. The maximum atomic E-state index is 13.6. The third-order valence-corrected chi connectivity index (χ3v) is 7.16. The predicted octanol–water partition coefficient (Wildman–Crippen LogP) is 5.84. The van der Waals surface area contributed by atoms with Crippen molar-refractivity contribution < 1.29 is 5.11 Å². The number of aromatic amines is 1. The zero-order valence-electron chi connectivity index (χ0n) is 21.1. The van der Waals surface area contributed by atoms with Gasteiger partial charge in [0.05, 0.1) is 28.4 Å². The summed E-state index contributed by atoms with van der Waals surface area (Å²) in [6.07, 6.45) is 6.56. The molecule has 3 aromatic heterocycles. The van der Waals surface area contributed by atoms with Crippen molar-refractivity contribution in [2.24, 2.45) is 0 Å². The van der Waals surface area contributed by atoms with E-state index in [1.54, 1.807) is 50.6 Å². The van der Waals surface area contributed by atoms with Gasteiger partial charge in [-0.1, -0.05) is 54.1 Å². The van der Waals surface area contributed by atoms with Crippen LogP contribution in [0.4, 0.5) is 0 Å². The zero-order valence-corrected chi connectivity index (χ0v) is 21.9. The first-order chi connectivity index (χ1) is 18.7. The standard InChI is InChI=1S/C31H23ClN4O3/c1-31(2,39)21-12-20(15-33-16-21)23-8-5-9-25(32)28(23)18-10-11-24-26(13-18)35-30(38)36(29(24)37)27-17-34-14-19-6-3-4-7-22(19)27/h3-17,39H,1-2H3,(H,35,38). The summed E-state index contributed by atoms with van der Waals surface area (Å²) < 4.78 is 1.12. The lowest BCUT2D eigenvalue weighted by Crippen LogP contribution is -2.33. The normalized spacial score (nSPS) is 11.8. The number of hydrogen-bond donors (Lipinski definition) is 2. The quantitative estimate of drug-likeness (QED) is 0.296. The molecule has 6 aromatic rings. The van der Waals surface area contributed by atoms with E-state index >= 15 is 0 Å². The minimum absolute atomic E-state index is 0.352. The molecule has 0 radical (unpaired) electrons. The highest BCUT2D eigenvalue weighted by Crippen LogP contribution is 2.39. The van der Waals surface area contributed by atoms with E-state index in [0.29, 0.717) is 27.2 Å². The Hall–Kier alpha value is -4.59. The van der Waals surface area contributed by atoms with Gasteiger partial charge in [-0.2, -0.15) is 0 Å². The van der Waals surface area contributed by atoms with Crippen LogP contribution in [0.1, 0.15) is 19.4 Å². The first-order valence-electron chi connectivity index (χ1n) is 12.3. The lowest BCUT2D eigenvalue weighted by molar-refractivity contribution is 0.0783. The Morgan fingerprint density at radius 1 is 0.846 bits per heavy atom. The van der Waals surface area contributed by atoms with Crippen molar-refractivity contribution in [2.75, 3.05) is 0 Å². The molecule has 0 atom stereocenters. The fraction of sp³-hybridized carbons (Fsp3) is 0.0968. The second kappa shape index (κ2) is 9.31. The molecule has 0 bridgehead atoms. The van der Waals surface area contributed by atoms with Crippen LogP contribution in [0.3, 0.4) is 0 Å². The number of nitrogens with one attached hydrogen (secondary N) is 1. The number of halogens is 1. The molecule has 8 heteroatoms. The summed E-state index contributed by atoms with van der Waals surface area (Å²) in [7, 11) is 0. The molecule has 7 nitrogen and oxygen atoms in total. The highest BCUT2D eigenvalue weighted by atomic mass is 35.5. The molecule has 3 heterocycles. The molecule has 0 aliphatic heterocycles. The predicted molar refractivity (Wildman–Crippen MR) is 154 cm³/mol. The van der Waals surface area contributed by atoms with Gasteiger partial charge in [-0.15, -0.1) is 0 Å². The van der Waals surface area contributed by atoms with Crippen LogP contribution in [-0.4, -0.2) is 24.6 Å². The average molecular weight is 535 g/mol. The summed E-state index contributed by atoms with van der Waals surface area (Å²) in [6.45, 7) is 3.40. The highest BCUT2D eigenvalue weighted by Gasteiger charge is 2.20. The second-order valence-corrected chi connectivity index (χ2v) is 10.3. The fourth-order valence-corrected chi connectivity index (χ4v) is 5.13. The summed E-state index contributed by atoms with van der Waals surface area (Å²) >= 11 is 6.70. The van der Waals surface area contributed by atoms with Gasteiger partial charge in [0.25, 0.3) is 5.56 Å². The number of hydrogen-bond acceptors (Lipinski definition) is 5. The van der Waals surface area contributed by atoms with Crippen LogP contribution in [0, 0.1) is 0 Å². The van der Waals surface area contributed by atoms with Crippen molar-refractivity contribution in [3.8, 4) is 27.9 Å². The summed E-state index contributed by atoms with van der Waals surface area (Å²) in [5.41, 5.74) is 2.41. The molecular weight excluding hydrogens is 512 g/mol. The van der Waals surface area contributed by atoms with Crippen LogP contribution in [0.2, 0.25) is 5.02 Å². The van der Waals surface area contributed by atoms with Crippen molar-refractivity contribution in [1.82, 2.24) is 19.5 Å². The zero-order chi connectivity index (χ0) is 27.3. The van der Waals surface area contributed by atoms with Gasteiger partial charge in [0.2, 0.25) is 0 Å². The number of pyridine rings is 2. The summed E-state index contributed by atoms with van der Waals surface area (Å²) in [4.78, 5) is 38.3. The monoisotopic (exact) mass is 534 g/mol. The minimum Gasteiger partial charge on any atom is -0.386 e. The topological polar surface area (TPSA) is 101 Å². The molecule has 0 amide bonds. The van der Waals surface area contributed by atoms with Crippen LogP contribution in [0.15, 0.2) is 101 Å². The fourth-order valence-electron chi connectivity index (χ4n) is 4.85. The van der Waals surface area contributed by atoms with E-state index in [2.05, 4.69) is 15.0 Å². The summed E-state index contributed by atoms with van der Waals surface area (Å²) in [6, 6.07) is 20.1. The Balaban J connectivity index is 1.54. The van der Waals surface area contributed by atoms with Gasteiger partial charge in [-0.25, -0.2) is 9.36 Å².